The maximum Gasteiger partial charge on any atom is 0.355 e. The lowest BCUT2D eigenvalue weighted by Gasteiger charge is -2.26. The molecule has 0 aliphatic rings. The van der Waals surface area contributed by atoms with Gasteiger partial charge in [-0.1, -0.05) is 67.6 Å². The highest BCUT2D eigenvalue weighted by Gasteiger charge is 2.37. The molecule has 0 saturated carbocycles. The van der Waals surface area contributed by atoms with Crippen molar-refractivity contribution in [1.29, 1.82) is 0 Å². The standard InChI is InChI=1S/C19H25ClO2Si/c1-17(13-15-21-2)14-16-22-23(20,18-9-5-3-6-10-18)19-11-7-4-8-12-19/h3-12,17H,13-16H2,1-2H3. The molecule has 23 heavy (non-hydrogen) atoms. The van der Waals surface area contributed by atoms with Crippen LogP contribution < -0.4 is 10.4 Å². The zero-order chi connectivity index (χ0) is 16.5. The molecule has 0 radical (unpaired) electrons. The molecule has 0 amide bonds. The van der Waals surface area contributed by atoms with Crippen molar-refractivity contribution in [2.45, 2.75) is 19.8 Å². The highest BCUT2D eigenvalue weighted by atomic mass is 35.6. The first-order chi connectivity index (χ1) is 11.2. The molecule has 2 nitrogen and oxygen atoms in total. The molecule has 2 aromatic carbocycles. The second kappa shape index (κ2) is 9.23. The maximum atomic E-state index is 7.07. The lowest BCUT2D eigenvalue weighted by atomic mass is 10.1. The van der Waals surface area contributed by atoms with E-state index in [1.165, 1.54) is 0 Å². The quantitative estimate of drug-likeness (QED) is 0.509. The van der Waals surface area contributed by atoms with E-state index in [0.29, 0.717) is 12.5 Å². The van der Waals surface area contributed by atoms with Crippen LogP contribution in [0.15, 0.2) is 60.7 Å². The molecule has 4 heteroatoms. The van der Waals surface area contributed by atoms with Gasteiger partial charge in [0.05, 0.1) is 0 Å². The van der Waals surface area contributed by atoms with Crippen molar-refractivity contribution in [3.05, 3.63) is 60.7 Å². The van der Waals surface area contributed by atoms with Gasteiger partial charge in [0.25, 0.3) is 0 Å². The Labute approximate surface area is 145 Å². The summed E-state index contributed by atoms with van der Waals surface area (Å²) in [5, 5.41) is 2.19. The number of hydrogen-bond donors (Lipinski definition) is 0. The molecule has 0 aliphatic heterocycles. The van der Waals surface area contributed by atoms with Gasteiger partial charge < -0.3 is 9.16 Å². The minimum atomic E-state index is -2.66. The molecule has 124 valence electrons. The van der Waals surface area contributed by atoms with Crippen LogP contribution in [0.2, 0.25) is 0 Å². The number of ether oxygens (including phenoxy) is 1. The SMILES string of the molecule is COCCC(C)CCO[Si](Cl)(c1ccccc1)c1ccccc1. The monoisotopic (exact) mass is 348 g/mol. The summed E-state index contributed by atoms with van der Waals surface area (Å²) in [6.45, 7) is 3.69. The Balaban J connectivity index is 2.10. The van der Waals surface area contributed by atoms with Crippen LogP contribution in [-0.2, 0) is 9.16 Å². The van der Waals surface area contributed by atoms with E-state index in [9.17, 15) is 0 Å². The Bertz CT molecular complexity index is 523. The van der Waals surface area contributed by atoms with Crippen molar-refractivity contribution in [2.24, 2.45) is 5.92 Å². The first-order valence-corrected chi connectivity index (χ1v) is 11.0. The minimum Gasteiger partial charge on any atom is -0.397 e. The van der Waals surface area contributed by atoms with E-state index in [4.69, 9.17) is 20.2 Å². The van der Waals surface area contributed by atoms with Crippen LogP contribution >= 0.6 is 11.1 Å². The number of rotatable bonds is 9. The molecule has 0 spiro atoms. The van der Waals surface area contributed by atoms with E-state index in [1.54, 1.807) is 7.11 Å². The van der Waals surface area contributed by atoms with Crippen LogP contribution in [0.5, 0.6) is 0 Å². The van der Waals surface area contributed by atoms with E-state index >= 15 is 0 Å². The van der Waals surface area contributed by atoms with Gasteiger partial charge in [0.2, 0.25) is 0 Å². The summed E-state index contributed by atoms with van der Waals surface area (Å²) >= 11 is 7.07. The predicted molar refractivity (Wildman–Crippen MR) is 100.0 cm³/mol. The number of methoxy groups -OCH3 is 1. The summed E-state index contributed by atoms with van der Waals surface area (Å²) in [6.07, 6.45) is 2.04. The van der Waals surface area contributed by atoms with E-state index in [-0.39, 0.29) is 0 Å². The van der Waals surface area contributed by atoms with E-state index in [0.717, 1.165) is 29.8 Å². The fourth-order valence-electron chi connectivity index (χ4n) is 2.50. The third kappa shape index (κ3) is 5.18. The molecular weight excluding hydrogens is 324 g/mol. The van der Waals surface area contributed by atoms with Crippen LogP contribution in [0.3, 0.4) is 0 Å². The molecular formula is C19H25ClO2Si. The first kappa shape index (κ1) is 18.2. The van der Waals surface area contributed by atoms with Gasteiger partial charge in [-0.05, 0) is 29.1 Å². The van der Waals surface area contributed by atoms with Crippen LogP contribution in [0.4, 0.5) is 0 Å². The zero-order valence-electron chi connectivity index (χ0n) is 13.9. The molecule has 0 N–H and O–H groups in total. The first-order valence-electron chi connectivity index (χ1n) is 8.09. The van der Waals surface area contributed by atoms with Crippen molar-refractivity contribution in [1.82, 2.24) is 0 Å². The van der Waals surface area contributed by atoms with Crippen LogP contribution in [0.25, 0.3) is 0 Å². The minimum absolute atomic E-state index is 0.566. The third-order valence-electron chi connectivity index (χ3n) is 4.02. The molecule has 0 fully saturated rings. The molecule has 1 unspecified atom stereocenters. The van der Waals surface area contributed by atoms with Crippen LogP contribution in [0, 0.1) is 5.92 Å². The van der Waals surface area contributed by atoms with Gasteiger partial charge in [-0.2, -0.15) is 0 Å². The summed E-state index contributed by atoms with van der Waals surface area (Å²) in [5.41, 5.74) is 0. The number of hydrogen-bond acceptors (Lipinski definition) is 2. The highest BCUT2D eigenvalue weighted by Crippen LogP contribution is 2.15. The number of halogens is 1. The molecule has 2 aromatic rings. The van der Waals surface area contributed by atoms with Gasteiger partial charge in [-0.25, -0.2) is 0 Å². The second-order valence-electron chi connectivity index (χ2n) is 5.85. The zero-order valence-corrected chi connectivity index (χ0v) is 15.6. The van der Waals surface area contributed by atoms with Gasteiger partial charge >= 0.3 is 7.63 Å². The average molecular weight is 349 g/mol. The highest BCUT2D eigenvalue weighted by molar-refractivity contribution is 7.30. The van der Waals surface area contributed by atoms with E-state index in [1.807, 2.05) is 36.4 Å². The van der Waals surface area contributed by atoms with E-state index in [2.05, 4.69) is 31.2 Å². The lowest BCUT2D eigenvalue weighted by molar-refractivity contribution is 0.172. The Kier molecular flexibility index (Phi) is 7.31. The largest absolute Gasteiger partial charge is 0.397 e. The van der Waals surface area contributed by atoms with E-state index < -0.39 is 7.63 Å². The maximum absolute atomic E-state index is 7.07. The predicted octanol–water partition coefficient (Wildman–Crippen LogP) is 3.56. The fraction of sp³-hybridized carbons (Fsp3) is 0.368. The van der Waals surface area contributed by atoms with Crippen molar-refractivity contribution in [3.8, 4) is 0 Å². The summed E-state index contributed by atoms with van der Waals surface area (Å²) in [7, 11) is -0.918. The Morgan fingerprint density at radius 3 is 1.83 bits per heavy atom. The second-order valence-corrected chi connectivity index (χ2v) is 10.1. The summed E-state index contributed by atoms with van der Waals surface area (Å²) < 4.78 is 11.5. The molecule has 0 bridgehead atoms. The van der Waals surface area contributed by atoms with Gasteiger partial charge in [0, 0.05) is 20.3 Å². The summed E-state index contributed by atoms with van der Waals surface area (Å²) in [6, 6.07) is 20.4. The fourth-order valence-corrected chi connectivity index (χ4v) is 5.80. The molecule has 1 atom stereocenters. The van der Waals surface area contributed by atoms with Crippen molar-refractivity contribution >= 4 is 29.1 Å². The Morgan fingerprint density at radius 2 is 1.35 bits per heavy atom. The van der Waals surface area contributed by atoms with Crippen molar-refractivity contribution in [3.63, 3.8) is 0 Å². The van der Waals surface area contributed by atoms with Gasteiger partial charge in [-0.3, -0.25) is 0 Å². The molecule has 0 saturated heterocycles. The van der Waals surface area contributed by atoms with Crippen LogP contribution in [0.1, 0.15) is 19.8 Å². The Hall–Kier alpha value is -1.13. The van der Waals surface area contributed by atoms with Gasteiger partial charge in [0.15, 0.2) is 0 Å². The summed E-state index contributed by atoms with van der Waals surface area (Å²) in [5.74, 6) is 0.566. The van der Waals surface area contributed by atoms with Gasteiger partial charge in [-0.15, -0.1) is 11.1 Å². The summed E-state index contributed by atoms with van der Waals surface area (Å²) in [4.78, 5) is 0. The normalized spacial score (nSPS) is 13.0. The lowest BCUT2D eigenvalue weighted by Crippen LogP contribution is -2.56. The van der Waals surface area contributed by atoms with Crippen molar-refractivity contribution < 1.29 is 9.16 Å². The average Bonchev–Trinajstić information content (AvgIpc) is 2.61. The third-order valence-corrected chi connectivity index (χ3v) is 8.41. The molecule has 0 heterocycles. The van der Waals surface area contributed by atoms with Crippen molar-refractivity contribution in [2.75, 3.05) is 20.3 Å². The number of benzene rings is 2. The van der Waals surface area contributed by atoms with Crippen LogP contribution in [-0.4, -0.2) is 28.0 Å². The smallest absolute Gasteiger partial charge is 0.355 e. The molecule has 2 rings (SSSR count). The molecule has 0 aromatic heterocycles. The molecule has 0 aliphatic carbocycles. The topological polar surface area (TPSA) is 18.5 Å². The Morgan fingerprint density at radius 1 is 0.870 bits per heavy atom. The van der Waals surface area contributed by atoms with Gasteiger partial charge in [0.1, 0.15) is 0 Å².